The molecule has 0 aromatic rings. The molecule has 5 aliphatic rings. The van der Waals surface area contributed by atoms with E-state index in [2.05, 4.69) is 20.4 Å². The van der Waals surface area contributed by atoms with E-state index in [-0.39, 0.29) is 28.7 Å². The number of hydrogen-bond acceptors (Lipinski definition) is 4. The fourth-order valence-electron chi connectivity index (χ4n) is 6.56. The second kappa shape index (κ2) is 6.34. The van der Waals surface area contributed by atoms with Gasteiger partial charge in [-0.25, -0.2) is 4.79 Å². The van der Waals surface area contributed by atoms with E-state index < -0.39 is 0 Å². The highest BCUT2D eigenvalue weighted by Crippen LogP contribution is 2.61. The average molecular weight is 363 g/mol. The molecule has 4 heteroatoms. The van der Waals surface area contributed by atoms with Crippen LogP contribution in [-0.4, -0.2) is 36.5 Å². The van der Waals surface area contributed by atoms with Crippen LogP contribution in [0.5, 0.6) is 0 Å². The molecule has 0 aromatic carbocycles. The maximum Gasteiger partial charge on any atom is 0.333 e. The van der Waals surface area contributed by atoms with E-state index in [0.29, 0.717) is 17.4 Å². The Balaban J connectivity index is 1.56. The van der Waals surface area contributed by atoms with E-state index in [1.807, 2.05) is 0 Å². The number of ether oxygens (including phenoxy) is 3. The monoisotopic (exact) mass is 362 g/mol. The third-order valence-corrected chi connectivity index (χ3v) is 7.54. The largest absolute Gasteiger partial charge is 0.456 e. The van der Waals surface area contributed by atoms with Crippen molar-refractivity contribution in [3.05, 3.63) is 12.2 Å². The highest BCUT2D eigenvalue weighted by molar-refractivity contribution is 5.87. The van der Waals surface area contributed by atoms with Crippen molar-refractivity contribution < 1.29 is 19.0 Å². The summed E-state index contributed by atoms with van der Waals surface area (Å²) in [5.41, 5.74) is 0.240. The van der Waals surface area contributed by atoms with Gasteiger partial charge in [0.05, 0.1) is 24.9 Å². The van der Waals surface area contributed by atoms with Gasteiger partial charge in [-0.3, -0.25) is 0 Å². The van der Waals surface area contributed by atoms with E-state index in [1.165, 1.54) is 6.42 Å². The first-order chi connectivity index (χ1) is 12.3. The SMILES string of the molecule is C=C(C)C(=O)OC12CC3CC(C1)CC(OC(CC)C1(CC)COC1)(C3)C2. The number of carbonyl (C=O) groups excluding carboxylic acids is 1. The van der Waals surface area contributed by atoms with Crippen LogP contribution in [-0.2, 0) is 19.0 Å². The van der Waals surface area contributed by atoms with Gasteiger partial charge in [0.25, 0.3) is 0 Å². The Morgan fingerprint density at radius 1 is 1.15 bits per heavy atom. The van der Waals surface area contributed by atoms with Gasteiger partial charge in [-0.2, -0.15) is 0 Å². The Morgan fingerprint density at radius 2 is 1.77 bits per heavy atom. The van der Waals surface area contributed by atoms with Crippen LogP contribution in [0.1, 0.15) is 72.1 Å². The fourth-order valence-corrected chi connectivity index (χ4v) is 6.56. The van der Waals surface area contributed by atoms with Gasteiger partial charge < -0.3 is 14.2 Å². The molecule has 0 amide bonds. The molecule has 4 saturated carbocycles. The fraction of sp³-hybridized carbons (Fsp3) is 0.864. The molecule has 0 spiro atoms. The van der Waals surface area contributed by atoms with Crippen molar-refractivity contribution in [3.8, 4) is 0 Å². The van der Waals surface area contributed by atoms with Gasteiger partial charge >= 0.3 is 5.97 Å². The van der Waals surface area contributed by atoms with Gasteiger partial charge in [0.1, 0.15) is 5.60 Å². The predicted octanol–water partition coefficient (Wildman–Crippen LogP) is 4.42. The highest BCUT2D eigenvalue weighted by atomic mass is 16.6. The average Bonchev–Trinajstić information content (AvgIpc) is 2.51. The van der Waals surface area contributed by atoms with E-state index >= 15 is 0 Å². The molecule has 146 valence electrons. The Morgan fingerprint density at radius 3 is 2.23 bits per heavy atom. The normalized spacial score (nSPS) is 40.7. The molecule has 26 heavy (non-hydrogen) atoms. The van der Waals surface area contributed by atoms with Crippen molar-refractivity contribution in [2.45, 2.75) is 89.4 Å². The standard InChI is InChI=1S/C22H34O4/c1-5-18(20(6-2)13-24-14-20)25-21-8-16-7-17(9-21)11-22(10-16,12-21)26-19(23)15(3)4/h16-18H,3,5-14H2,1-2,4H3. The molecule has 5 rings (SSSR count). The summed E-state index contributed by atoms with van der Waals surface area (Å²) in [5.74, 6) is 1.02. The molecule has 4 nitrogen and oxygen atoms in total. The van der Waals surface area contributed by atoms with Gasteiger partial charge in [0.2, 0.25) is 0 Å². The molecule has 1 heterocycles. The van der Waals surface area contributed by atoms with Gasteiger partial charge in [-0.1, -0.05) is 20.4 Å². The Hall–Kier alpha value is -0.870. The van der Waals surface area contributed by atoms with Crippen molar-refractivity contribution in [2.75, 3.05) is 13.2 Å². The zero-order chi connectivity index (χ0) is 18.6. The Kier molecular flexibility index (Phi) is 4.51. The minimum absolute atomic E-state index is 0.113. The van der Waals surface area contributed by atoms with E-state index in [1.54, 1.807) is 6.92 Å². The number of rotatable bonds is 7. The topological polar surface area (TPSA) is 44.8 Å². The third kappa shape index (κ3) is 2.93. The smallest absolute Gasteiger partial charge is 0.333 e. The Labute approximate surface area is 157 Å². The summed E-state index contributed by atoms with van der Waals surface area (Å²) in [7, 11) is 0. The van der Waals surface area contributed by atoms with E-state index in [0.717, 1.165) is 58.2 Å². The molecule has 0 aromatic heterocycles. The van der Waals surface area contributed by atoms with Gasteiger partial charge in [0.15, 0.2) is 0 Å². The second-order valence-corrected chi connectivity index (χ2v) is 9.72. The third-order valence-electron chi connectivity index (χ3n) is 7.54. The van der Waals surface area contributed by atoms with Crippen LogP contribution >= 0.6 is 0 Å². The van der Waals surface area contributed by atoms with Crippen molar-refractivity contribution >= 4 is 5.97 Å². The number of carbonyl (C=O) groups is 1. The molecular formula is C22H34O4. The van der Waals surface area contributed by atoms with Gasteiger partial charge in [-0.15, -0.1) is 0 Å². The lowest BCUT2D eigenvalue weighted by molar-refractivity contribution is -0.279. The summed E-state index contributed by atoms with van der Waals surface area (Å²) in [6.45, 7) is 11.6. The van der Waals surface area contributed by atoms with Crippen molar-refractivity contribution in [1.29, 1.82) is 0 Å². The maximum atomic E-state index is 12.3. The van der Waals surface area contributed by atoms with Crippen LogP contribution in [0.4, 0.5) is 0 Å². The molecular weight excluding hydrogens is 328 g/mol. The van der Waals surface area contributed by atoms with Crippen molar-refractivity contribution in [1.82, 2.24) is 0 Å². The second-order valence-electron chi connectivity index (χ2n) is 9.72. The molecule has 3 unspecified atom stereocenters. The quantitative estimate of drug-likeness (QED) is 0.497. The highest BCUT2D eigenvalue weighted by Gasteiger charge is 2.61. The van der Waals surface area contributed by atoms with Gasteiger partial charge in [0, 0.05) is 17.4 Å². The molecule has 1 saturated heterocycles. The van der Waals surface area contributed by atoms with Crippen molar-refractivity contribution in [2.24, 2.45) is 17.3 Å². The minimum Gasteiger partial charge on any atom is -0.456 e. The van der Waals surface area contributed by atoms with E-state index in [9.17, 15) is 4.79 Å². The maximum absolute atomic E-state index is 12.3. The lowest BCUT2D eigenvalue weighted by Crippen LogP contribution is -2.64. The van der Waals surface area contributed by atoms with Crippen LogP contribution in [0.15, 0.2) is 12.2 Å². The van der Waals surface area contributed by atoms with Crippen LogP contribution in [0.3, 0.4) is 0 Å². The molecule has 3 atom stereocenters. The molecule has 0 radical (unpaired) electrons. The summed E-state index contributed by atoms with van der Waals surface area (Å²) >= 11 is 0. The van der Waals surface area contributed by atoms with E-state index in [4.69, 9.17) is 14.2 Å². The molecule has 5 fully saturated rings. The lowest BCUT2D eigenvalue weighted by atomic mass is 9.52. The summed E-state index contributed by atoms with van der Waals surface area (Å²) in [6, 6.07) is 0. The van der Waals surface area contributed by atoms with Crippen LogP contribution in [0.2, 0.25) is 0 Å². The van der Waals surface area contributed by atoms with Crippen LogP contribution in [0, 0.1) is 17.3 Å². The Bertz CT molecular complexity index is 571. The number of esters is 1. The summed E-state index contributed by atoms with van der Waals surface area (Å²) < 4.78 is 18.6. The first kappa shape index (κ1) is 18.5. The molecule has 1 aliphatic heterocycles. The molecule has 4 aliphatic carbocycles. The lowest BCUT2D eigenvalue weighted by Gasteiger charge is -2.62. The first-order valence-corrected chi connectivity index (χ1v) is 10.5. The zero-order valence-corrected chi connectivity index (χ0v) is 16.6. The zero-order valence-electron chi connectivity index (χ0n) is 16.6. The number of hydrogen-bond donors (Lipinski definition) is 0. The molecule has 0 N–H and O–H groups in total. The summed E-state index contributed by atoms with van der Waals surface area (Å²) in [5, 5.41) is 0. The molecule has 4 bridgehead atoms. The predicted molar refractivity (Wildman–Crippen MR) is 99.8 cm³/mol. The van der Waals surface area contributed by atoms with Crippen LogP contribution < -0.4 is 0 Å². The minimum atomic E-state index is -0.325. The van der Waals surface area contributed by atoms with Gasteiger partial charge in [-0.05, 0) is 63.7 Å². The first-order valence-electron chi connectivity index (χ1n) is 10.5. The van der Waals surface area contributed by atoms with Crippen LogP contribution in [0.25, 0.3) is 0 Å². The van der Waals surface area contributed by atoms with Crippen molar-refractivity contribution in [3.63, 3.8) is 0 Å². The summed E-state index contributed by atoms with van der Waals surface area (Å²) in [6.07, 6.45) is 8.78. The summed E-state index contributed by atoms with van der Waals surface area (Å²) in [4.78, 5) is 12.3.